The average molecular weight is 254 g/mol. The Hall–Kier alpha value is -2.43. The molecule has 2 heterocycles. The maximum absolute atomic E-state index is 5.58. The van der Waals surface area contributed by atoms with Gasteiger partial charge in [0.25, 0.3) is 0 Å². The number of anilines is 1. The van der Waals surface area contributed by atoms with Crippen LogP contribution in [0.3, 0.4) is 0 Å². The van der Waals surface area contributed by atoms with Gasteiger partial charge >= 0.3 is 0 Å². The summed E-state index contributed by atoms with van der Waals surface area (Å²) in [5.41, 5.74) is 3.75. The minimum Gasteiger partial charge on any atom is -0.441 e. The van der Waals surface area contributed by atoms with Gasteiger partial charge in [-0.15, -0.1) is 0 Å². The molecule has 0 saturated carbocycles. The SMILES string of the molecule is CCc1nc2cc(NCc3cncnc3)ccc2o1. The van der Waals surface area contributed by atoms with Gasteiger partial charge < -0.3 is 9.73 Å². The van der Waals surface area contributed by atoms with E-state index in [0.717, 1.165) is 34.7 Å². The van der Waals surface area contributed by atoms with Gasteiger partial charge in [-0.25, -0.2) is 15.0 Å². The Morgan fingerprint density at radius 1 is 1.21 bits per heavy atom. The third-order valence-corrected chi connectivity index (χ3v) is 2.84. The summed E-state index contributed by atoms with van der Waals surface area (Å²) in [5.74, 6) is 0.767. The summed E-state index contributed by atoms with van der Waals surface area (Å²) in [6.45, 7) is 2.71. The smallest absolute Gasteiger partial charge is 0.195 e. The molecule has 3 aromatic rings. The Labute approximate surface area is 110 Å². The van der Waals surface area contributed by atoms with E-state index in [1.807, 2.05) is 25.1 Å². The zero-order valence-corrected chi connectivity index (χ0v) is 10.6. The second kappa shape index (κ2) is 5.06. The highest BCUT2D eigenvalue weighted by molar-refractivity contribution is 5.77. The molecule has 0 bridgehead atoms. The number of nitrogens with zero attached hydrogens (tertiary/aromatic N) is 3. The van der Waals surface area contributed by atoms with Crippen molar-refractivity contribution >= 4 is 16.8 Å². The molecule has 0 fully saturated rings. The molecule has 0 radical (unpaired) electrons. The number of benzene rings is 1. The second-order valence-electron chi connectivity index (χ2n) is 4.24. The van der Waals surface area contributed by atoms with Crippen LogP contribution >= 0.6 is 0 Å². The molecule has 5 nitrogen and oxygen atoms in total. The molecule has 19 heavy (non-hydrogen) atoms. The zero-order valence-electron chi connectivity index (χ0n) is 10.6. The van der Waals surface area contributed by atoms with E-state index in [1.54, 1.807) is 12.4 Å². The van der Waals surface area contributed by atoms with Crippen LogP contribution in [0.2, 0.25) is 0 Å². The zero-order chi connectivity index (χ0) is 13.1. The number of nitrogens with one attached hydrogen (secondary N) is 1. The van der Waals surface area contributed by atoms with Gasteiger partial charge in [0, 0.05) is 36.6 Å². The van der Waals surface area contributed by atoms with Gasteiger partial charge in [0.1, 0.15) is 11.8 Å². The highest BCUT2D eigenvalue weighted by atomic mass is 16.3. The molecule has 0 saturated heterocycles. The quantitative estimate of drug-likeness (QED) is 0.775. The Bertz CT molecular complexity index is 678. The van der Waals surface area contributed by atoms with Gasteiger partial charge in [-0.05, 0) is 18.2 Å². The van der Waals surface area contributed by atoms with Crippen LogP contribution in [0.4, 0.5) is 5.69 Å². The van der Waals surface area contributed by atoms with E-state index in [1.165, 1.54) is 6.33 Å². The fourth-order valence-electron chi connectivity index (χ4n) is 1.86. The second-order valence-corrected chi connectivity index (χ2v) is 4.24. The minimum atomic E-state index is 0.685. The molecule has 0 aliphatic carbocycles. The number of fused-ring (bicyclic) bond motifs is 1. The normalized spacial score (nSPS) is 10.8. The van der Waals surface area contributed by atoms with Crippen LogP contribution < -0.4 is 5.32 Å². The number of hydrogen-bond acceptors (Lipinski definition) is 5. The molecule has 0 aliphatic rings. The Kier molecular flexibility index (Phi) is 3.10. The first-order valence-electron chi connectivity index (χ1n) is 6.22. The van der Waals surface area contributed by atoms with Crippen LogP contribution in [-0.4, -0.2) is 15.0 Å². The van der Waals surface area contributed by atoms with Gasteiger partial charge in [-0.3, -0.25) is 0 Å². The number of rotatable bonds is 4. The third kappa shape index (κ3) is 2.54. The fraction of sp³-hybridized carbons (Fsp3) is 0.214. The Balaban J connectivity index is 1.78. The predicted octanol–water partition coefficient (Wildman–Crippen LogP) is 2.79. The minimum absolute atomic E-state index is 0.685. The lowest BCUT2D eigenvalue weighted by Crippen LogP contribution is -2.00. The van der Waals surface area contributed by atoms with Crippen molar-refractivity contribution in [3.05, 3.63) is 48.4 Å². The monoisotopic (exact) mass is 254 g/mol. The summed E-state index contributed by atoms with van der Waals surface area (Å²) in [7, 11) is 0. The van der Waals surface area contributed by atoms with Gasteiger partial charge in [-0.2, -0.15) is 0 Å². The summed E-state index contributed by atoms with van der Waals surface area (Å²) >= 11 is 0. The van der Waals surface area contributed by atoms with Crippen molar-refractivity contribution in [2.24, 2.45) is 0 Å². The van der Waals surface area contributed by atoms with Crippen LogP contribution in [0.25, 0.3) is 11.1 Å². The molecule has 1 aromatic carbocycles. The maximum Gasteiger partial charge on any atom is 0.195 e. The molecule has 0 aliphatic heterocycles. The summed E-state index contributed by atoms with van der Waals surface area (Å²) in [5, 5.41) is 3.32. The van der Waals surface area contributed by atoms with E-state index in [9.17, 15) is 0 Å². The molecule has 3 rings (SSSR count). The van der Waals surface area contributed by atoms with Crippen molar-refractivity contribution < 1.29 is 4.42 Å². The molecule has 0 amide bonds. The van der Waals surface area contributed by atoms with Crippen molar-refractivity contribution in [1.29, 1.82) is 0 Å². The largest absolute Gasteiger partial charge is 0.441 e. The number of aryl methyl sites for hydroxylation is 1. The van der Waals surface area contributed by atoms with Crippen LogP contribution in [-0.2, 0) is 13.0 Å². The van der Waals surface area contributed by atoms with Crippen molar-refractivity contribution in [2.75, 3.05) is 5.32 Å². The van der Waals surface area contributed by atoms with Crippen LogP contribution in [0.15, 0.2) is 41.3 Å². The van der Waals surface area contributed by atoms with Gasteiger partial charge in [0.15, 0.2) is 11.5 Å². The highest BCUT2D eigenvalue weighted by Crippen LogP contribution is 2.20. The standard InChI is InChI=1S/C14H14N4O/c1-2-14-18-12-5-11(3-4-13(12)19-14)17-8-10-6-15-9-16-7-10/h3-7,9,17H,2,8H2,1H3. The van der Waals surface area contributed by atoms with E-state index < -0.39 is 0 Å². The van der Waals surface area contributed by atoms with E-state index in [0.29, 0.717) is 6.54 Å². The van der Waals surface area contributed by atoms with E-state index in [2.05, 4.69) is 20.3 Å². The van der Waals surface area contributed by atoms with Gasteiger partial charge in [0.05, 0.1) is 0 Å². The molecular formula is C14H14N4O. The number of hydrogen-bond donors (Lipinski definition) is 1. The number of oxazole rings is 1. The molecular weight excluding hydrogens is 240 g/mol. The Morgan fingerprint density at radius 3 is 2.84 bits per heavy atom. The van der Waals surface area contributed by atoms with Crippen molar-refractivity contribution in [2.45, 2.75) is 19.9 Å². The molecule has 0 unspecified atom stereocenters. The van der Waals surface area contributed by atoms with E-state index >= 15 is 0 Å². The first-order valence-corrected chi connectivity index (χ1v) is 6.22. The Morgan fingerprint density at radius 2 is 2.05 bits per heavy atom. The van der Waals surface area contributed by atoms with E-state index in [4.69, 9.17) is 4.42 Å². The summed E-state index contributed by atoms with van der Waals surface area (Å²) in [6, 6.07) is 5.91. The topological polar surface area (TPSA) is 63.8 Å². The lowest BCUT2D eigenvalue weighted by atomic mass is 10.2. The summed E-state index contributed by atoms with van der Waals surface area (Å²) in [4.78, 5) is 12.4. The van der Waals surface area contributed by atoms with Gasteiger partial charge in [0.2, 0.25) is 0 Å². The molecule has 0 atom stereocenters. The number of aromatic nitrogens is 3. The highest BCUT2D eigenvalue weighted by Gasteiger charge is 2.04. The van der Waals surface area contributed by atoms with Crippen LogP contribution in [0, 0.1) is 0 Å². The van der Waals surface area contributed by atoms with Crippen LogP contribution in [0.1, 0.15) is 18.4 Å². The summed E-state index contributed by atoms with van der Waals surface area (Å²) in [6.07, 6.45) is 5.92. The van der Waals surface area contributed by atoms with Crippen molar-refractivity contribution in [3.63, 3.8) is 0 Å². The van der Waals surface area contributed by atoms with Gasteiger partial charge in [-0.1, -0.05) is 6.92 Å². The third-order valence-electron chi connectivity index (χ3n) is 2.84. The lowest BCUT2D eigenvalue weighted by Gasteiger charge is -2.05. The first-order chi connectivity index (χ1) is 9.35. The molecule has 96 valence electrons. The maximum atomic E-state index is 5.58. The molecule has 5 heteroatoms. The summed E-state index contributed by atoms with van der Waals surface area (Å²) < 4.78 is 5.58. The van der Waals surface area contributed by atoms with E-state index in [-0.39, 0.29) is 0 Å². The fourth-order valence-corrected chi connectivity index (χ4v) is 1.86. The van der Waals surface area contributed by atoms with Crippen molar-refractivity contribution in [1.82, 2.24) is 15.0 Å². The molecule has 1 N–H and O–H groups in total. The average Bonchev–Trinajstić information content (AvgIpc) is 2.88. The van der Waals surface area contributed by atoms with Crippen molar-refractivity contribution in [3.8, 4) is 0 Å². The molecule has 0 spiro atoms. The molecule has 2 aromatic heterocycles. The first kappa shape index (κ1) is 11.6. The lowest BCUT2D eigenvalue weighted by molar-refractivity contribution is 0.538. The van der Waals surface area contributed by atoms with Crippen LogP contribution in [0.5, 0.6) is 0 Å². The predicted molar refractivity (Wildman–Crippen MR) is 72.7 cm³/mol.